The van der Waals surface area contributed by atoms with Gasteiger partial charge in [-0.25, -0.2) is 4.98 Å². The van der Waals surface area contributed by atoms with Gasteiger partial charge in [0, 0.05) is 18.8 Å². The molecule has 178 valence electrons. The van der Waals surface area contributed by atoms with Crippen molar-refractivity contribution in [1.29, 1.82) is 0 Å². The first-order valence-corrected chi connectivity index (χ1v) is 9.93. The summed E-state index contributed by atoms with van der Waals surface area (Å²) >= 11 is 0. The van der Waals surface area contributed by atoms with E-state index < -0.39 is 0 Å². The highest BCUT2D eigenvalue weighted by molar-refractivity contribution is 5.83. The molecule has 0 saturated heterocycles. The van der Waals surface area contributed by atoms with E-state index in [2.05, 4.69) is 33.9 Å². The van der Waals surface area contributed by atoms with Gasteiger partial charge in [0.05, 0.1) is 18.6 Å². The molecule has 32 heavy (non-hydrogen) atoms. The topological polar surface area (TPSA) is 130 Å². The first kappa shape index (κ1) is 28.8. The summed E-state index contributed by atoms with van der Waals surface area (Å²) in [6.45, 7) is 5.52. The number of aromatic nitrogens is 2. The molecular formula is C22H35N5O5. The van der Waals surface area contributed by atoms with E-state index in [4.69, 9.17) is 19.8 Å². The second-order valence-electron chi connectivity index (χ2n) is 7.52. The summed E-state index contributed by atoms with van der Waals surface area (Å²) in [5.74, 6) is 0.100. The van der Waals surface area contributed by atoms with Gasteiger partial charge in [0.15, 0.2) is 0 Å². The SMILES string of the molecule is Cc1ccc(C(C(=O)N(CCN(C)C)Cc2nc[nH]c2C)N(C)C)cc1.O=CO.O=CO. The van der Waals surface area contributed by atoms with Crippen molar-refractivity contribution in [1.82, 2.24) is 24.7 Å². The van der Waals surface area contributed by atoms with Crippen molar-refractivity contribution in [3.63, 3.8) is 0 Å². The van der Waals surface area contributed by atoms with Gasteiger partial charge < -0.3 is 25.0 Å². The third-order valence-electron chi connectivity index (χ3n) is 4.55. The zero-order chi connectivity index (χ0) is 24.7. The Kier molecular flexibility index (Phi) is 14.0. The van der Waals surface area contributed by atoms with Gasteiger partial charge in [-0.3, -0.25) is 19.3 Å². The molecule has 1 aromatic heterocycles. The highest BCUT2D eigenvalue weighted by Crippen LogP contribution is 2.22. The van der Waals surface area contributed by atoms with Crippen LogP contribution in [0.5, 0.6) is 0 Å². The maximum Gasteiger partial charge on any atom is 0.290 e. The maximum atomic E-state index is 13.4. The summed E-state index contributed by atoms with van der Waals surface area (Å²) in [5, 5.41) is 13.8. The Balaban J connectivity index is 0.00000144. The number of aryl methyl sites for hydroxylation is 2. The number of carbonyl (C=O) groups is 3. The lowest BCUT2D eigenvalue weighted by molar-refractivity contribution is -0.137. The third-order valence-corrected chi connectivity index (χ3v) is 4.55. The summed E-state index contributed by atoms with van der Waals surface area (Å²) in [4.78, 5) is 43.6. The minimum atomic E-state index is -0.308. The standard InChI is InChI=1S/C20H31N5O.2CH2O2/c1-15-7-9-17(10-8-15)19(24(5)6)20(26)25(12-11-23(3)4)13-18-16(2)21-14-22-18;2*2-1-3/h7-10,14,19H,11-13H2,1-6H3,(H,21,22);2*1H,(H,2,3). The molecule has 10 nitrogen and oxygen atoms in total. The summed E-state index contributed by atoms with van der Waals surface area (Å²) in [5.41, 5.74) is 4.12. The molecule has 10 heteroatoms. The van der Waals surface area contributed by atoms with Crippen molar-refractivity contribution >= 4 is 18.9 Å². The molecule has 0 bridgehead atoms. The van der Waals surface area contributed by atoms with Gasteiger partial charge in [0.25, 0.3) is 12.9 Å². The first-order chi connectivity index (χ1) is 15.1. The van der Waals surface area contributed by atoms with Crippen LogP contribution < -0.4 is 0 Å². The fraction of sp³-hybridized carbons (Fsp3) is 0.455. The highest BCUT2D eigenvalue weighted by Gasteiger charge is 2.28. The predicted octanol–water partition coefficient (Wildman–Crippen LogP) is 1.62. The number of imidazole rings is 1. The summed E-state index contributed by atoms with van der Waals surface area (Å²) in [7, 11) is 7.94. The average Bonchev–Trinajstić information content (AvgIpc) is 3.12. The summed E-state index contributed by atoms with van der Waals surface area (Å²) in [6.07, 6.45) is 1.68. The van der Waals surface area contributed by atoms with Crippen LogP contribution in [0.4, 0.5) is 0 Å². The second-order valence-corrected chi connectivity index (χ2v) is 7.52. The van der Waals surface area contributed by atoms with Crippen molar-refractivity contribution in [2.45, 2.75) is 26.4 Å². The van der Waals surface area contributed by atoms with E-state index in [0.717, 1.165) is 23.5 Å². The lowest BCUT2D eigenvalue weighted by atomic mass is 10.0. The Morgan fingerprint density at radius 3 is 1.97 bits per heavy atom. The largest absolute Gasteiger partial charge is 0.483 e. The molecule has 0 aliphatic rings. The first-order valence-electron chi connectivity index (χ1n) is 9.93. The van der Waals surface area contributed by atoms with E-state index in [0.29, 0.717) is 13.1 Å². The number of H-pyrrole nitrogens is 1. The maximum absolute atomic E-state index is 13.4. The number of carbonyl (C=O) groups excluding carboxylic acids is 1. The zero-order valence-corrected chi connectivity index (χ0v) is 19.6. The molecule has 0 spiro atoms. The highest BCUT2D eigenvalue weighted by atomic mass is 16.3. The van der Waals surface area contributed by atoms with Crippen molar-refractivity contribution in [3.8, 4) is 0 Å². The van der Waals surface area contributed by atoms with Gasteiger partial charge in [0.2, 0.25) is 5.91 Å². The molecule has 1 aromatic carbocycles. The Morgan fingerprint density at radius 2 is 1.56 bits per heavy atom. The van der Waals surface area contributed by atoms with E-state index in [-0.39, 0.29) is 24.9 Å². The van der Waals surface area contributed by atoms with Crippen molar-refractivity contribution in [2.75, 3.05) is 41.3 Å². The van der Waals surface area contributed by atoms with E-state index in [9.17, 15) is 4.79 Å². The number of benzene rings is 1. The van der Waals surface area contributed by atoms with Crippen LogP contribution in [0.1, 0.15) is 28.6 Å². The molecule has 0 fully saturated rings. The van der Waals surface area contributed by atoms with Crippen LogP contribution in [-0.2, 0) is 20.9 Å². The molecule has 1 heterocycles. The van der Waals surface area contributed by atoms with E-state index >= 15 is 0 Å². The van der Waals surface area contributed by atoms with Crippen LogP contribution in [0.15, 0.2) is 30.6 Å². The Hall–Kier alpha value is -3.24. The van der Waals surface area contributed by atoms with Crippen molar-refractivity contribution in [2.24, 2.45) is 0 Å². The molecule has 0 saturated carbocycles. The third kappa shape index (κ3) is 10.2. The van der Waals surface area contributed by atoms with Gasteiger partial charge in [-0.15, -0.1) is 0 Å². The van der Waals surface area contributed by atoms with Gasteiger partial charge in [-0.05, 0) is 47.6 Å². The fourth-order valence-corrected chi connectivity index (χ4v) is 2.90. The Morgan fingerprint density at radius 1 is 1.03 bits per heavy atom. The number of likely N-dealkylation sites (N-methyl/N-ethyl adjacent to an activating group) is 2. The monoisotopic (exact) mass is 449 g/mol. The molecule has 2 aromatic rings. The molecule has 2 rings (SSSR count). The molecule has 1 atom stereocenters. The van der Waals surface area contributed by atoms with Gasteiger partial charge in [0.1, 0.15) is 6.04 Å². The lowest BCUT2D eigenvalue weighted by Crippen LogP contribution is -2.43. The summed E-state index contributed by atoms with van der Waals surface area (Å²) < 4.78 is 0. The predicted molar refractivity (Wildman–Crippen MR) is 122 cm³/mol. The van der Waals surface area contributed by atoms with Gasteiger partial charge >= 0.3 is 0 Å². The van der Waals surface area contributed by atoms with Crippen LogP contribution in [0.2, 0.25) is 0 Å². The molecule has 1 amide bonds. The number of hydrogen-bond acceptors (Lipinski definition) is 6. The number of rotatable bonds is 8. The fourth-order valence-electron chi connectivity index (χ4n) is 2.90. The number of amides is 1. The molecule has 0 radical (unpaired) electrons. The number of aromatic amines is 1. The summed E-state index contributed by atoms with van der Waals surface area (Å²) in [6, 6.07) is 7.89. The van der Waals surface area contributed by atoms with Gasteiger partial charge in [-0.2, -0.15) is 0 Å². The Bertz CT molecular complexity index is 799. The molecule has 1 unspecified atom stereocenters. The number of carboxylic acid groups (broad SMARTS) is 2. The van der Waals surface area contributed by atoms with Crippen LogP contribution in [0.3, 0.4) is 0 Å². The molecule has 3 N–H and O–H groups in total. The number of hydrogen-bond donors (Lipinski definition) is 3. The smallest absolute Gasteiger partial charge is 0.290 e. The van der Waals surface area contributed by atoms with E-state index in [1.807, 2.05) is 57.0 Å². The molecular weight excluding hydrogens is 414 g/mol. The Labute approximate surface area is 189 Å². The van der Waals surface area contributed by atoms with Gasteiger partial charge in [-0.1, -0.05) is 29.8 Å². The lowest BCUT2D eigenvalue weighted by Gasteiger charge is -2.31. The average molecular weight is 450 g/mol. The normalized spacial score (nSPS) is 11.0. The quantitative estimate of drug-likeness (QED) is 0.519. The minimum Gasteiger partial charge on any atom is -0.483 e. The van der Waals surface area contributed by atoms with Crippen LogP contribution in [0, 0.1) is 13.8 Å². The van der Waals surface area contributed by atoms with E-state index in [1.54, 1.807) is 6.33 Å². The number of nitrogens with zero attached hydrogens (tertiary/aromatic N) is 4. The molecule has 0 aliphatic carbocycles. The van der Waals surface area contributed by atoms with Crippen molar-refractivity contribution < 1.29 is 24.6 Å². The van der Waals surface area contributed by atoms with Crippen LogP contribution in [0.25, 0.3) is 0 Å². The molecule has 0 aliphatic heterocycles. The second kappa shape index (κ2) is 15.5. The minimum absolute atomic E-state index is 0.100. The number of nitrogens with one attached hydrogen (secondary N) is 1. The van der Waals surface area contributed by atoms with Crippen LogP contribution in [-0.4, -0.2) is 95.0 Å². The van der Waals surface area contributed by atoms with Crippen LogP contribution >= 0.6 is 0 Å². The van der Waals surface area contributed by atoms with E-state index in [1.165, 1.54) is 5.56 Å². The zero-order valence-electron chi connectivity index (χ0n) is 19.6. The van der Waals surface area contributed by atoms with Crippen molar-refractivity contribution in [3.05, 3.63) is 53.1 Å².